The van der Waals surface area contributed by atoms with Crippen molar-refractivity contribution in [2.75, 3.05) is 44.6 Å². The highest BCUT2D eigenvalue weighted by atomic mass is 15.2. The number of nitrogens with zero attached hydrogens (tertiary/aromatic N) is 4. The van der Waals surface area contributed by atoms with Crippen molar-refractivity contribution >= 4 is 16.9 Å². The SMILES string of the molecule is Cn1cnc2c(NCCN3CCNCC3)nccc21. The summed E-state index contributed by atoms with van der Waals surface area (Å²) in [7, 11) is 2.00. The summed E-state index contributed by atoms with van der Waals surface area (Å²) in [6, 6.07) is 1.99. The van der Waals surface area contributed by atoms with E-state index >= 15 is 0 Å². The Morgan fingerprint density at radius 1 is 1.32 bits per heavy atom. The Bertz CT molecular complexity index is 543. The van der Waals surface area contributed by atoms with E-state index in [0.717, 1.165) is 56.1 Å². The molecule has 3 rings (SSSR count). The number of hydrogen-bond acceptors (Lipinski definition) is 5. The van der Waals surface area contributed by atoms with Gasteiger partial charge in [0.1, 0.15) is 5.52 Å². The second-order valence-corrected chi connectivity index (χ2v) is 4.90. The van der Waals surface area contributed by atoms with E-state index in [1.165, 1.54) is 0 Å². The van der Waals surface area contributed by atoms with E-state index < -0.39 is 0 Å². The van der Waals surface area contributed by atoms with Crippen LogP contribution in [-0.4, -0.2) is 58.7 Å². The summed E-state index contributed by atoms with van der Waals surface area (Å²) in [5.41, 5.74) is 2.06. The normalized spacial score (nSPS) is 16.9. The third-order valence-electron chi connectivity index (χ3n) is 3.57. The molecular weight excluding hydrogens is 240 g/mol. The lowest BCUT2D eigenvalue weighted by Crippen LogP contribution is -2.45. The summed E-state index contributed by atoms with van der Waals surface area (Å²) in [6.07, 6.45) is 3.66. The van der Waals surface area contributed by atoms with Gasteiger partial charge in [-0.2, -0.15) is 0 Å². The van der Waals surface area contributed by atoms with Crippen LogP contribution < -0.4 is 10.6 Å². The van der Waals surface area contributed by atoms with Gasteiger partial charge in [0.25, 0.3) is 0 Å². The van der Waals surface area contributed by atoms with Crippen LogP contribution in [0.4, 0.5) is 5.82 Å². The Kier molecular flexibility index (Phi) is 3.61. The number of rotatable bonds is 4. The molecule has 1 saturated heterocycles. The second-order valence-electron chi connectivity index (χ2n) is 4.90. The highest BCUT2D eigenvalue weighted by Gasteiger charge is 2.10. The van der Waals surface area contributed by atoms with Crippen molar-refractivity contribution in [3.05, 3.63) is 18.6 Å². The van der Waals surface area contributed by atoms with Crippen molar-refractivity contribution in [1.82, 2.24) is 24.8 Å². The molecule has 102 valence electrons. The van der Waals surface area contributed by atoms with E-state index in [2.05, 4.69) is 25.5 Å². The Morgan fingerprint density at radius 3 is 3.00 bits per heavy atom. The van der Waals surface area contributed by atoms with Crippen molar-refractivity contribution in [1.29, 1.82) is 0 Å². The summed E-state index contributed by atoms with van der Waals surface area (Å²) >= 11 is 0. The van der Waals surface area contributed by atoms with Crippen LogP contribution in [0.3, 0.4) is 0 Å². The molecule has 0 radical (unpaired) electrons. The topological polar surface area (TPSA) is 58.0 Å². The maximum absolute atomic E-state index is 4.40. The van der Waals surface area contributed by atoms with Crippen LogP contribution >= 0.6 is 0 Å². The quantitative estimate of drug-likeness (QED) is 0.827. The van der Waals surface area contributed by atoms with Crippen molar-refractivity contribution in [2.24, 2.45) is 7.05 Å². The molecule has 1 fully saturated rings. The number of nitrogens with one attached hydrogen (secondary N) is 2. The molecule has 0 unspecified atom stereocenters. The standard InChI is InChI=1S/C13H20N6/c1-18-10-17-12-11(18)2-3-15-13(12)16-6-9-19-7-4-14-5-8-19/h2-3,10,14H,4-9H2,1H3,(H,15,16). The minimum Gasteiger partial charge on any atom is -0.367 e. The fraction of sp³-hybridized carbons (Fsp3) is 0.538. The smallest absolute Gasteiger partial charge is 0.154 e. The molecule has 0 atom stereocenters. The summed E-state index contributed by atoms with van der Waals surface area (Å²) in [5.74, 6) is 0.883. The number of anilines is 1. The van der Waals surface area contributed by atoms with Gasteiger partial charge in [0, 0.05) is 52.5 Å². The minimum atomic E-state index is 0.883. The summed E-state index contributed by atoms with van der Waals surface area (Å²) < 4.78 is 2.01. The molecule has 0 saturated carbocycles. The lowest BCUT2D eigenvalue weighted by atomic mass is 10.3. The molecule has 2 N–H and O–H groups in total. The zero-order chi connectivity index (χ0) is 13.1. The van der Waals surface area contributed by atoms with Crippen LogP contribution in [-0.2, 0) is 7.05 Å². The minimum absolute atomic E-state index is 0.883. The van der Waals surface area contributed by atoms with E-state index in [4.69, 9.17) is 0 Å². The largest absolute Gasteiger partial charge is 0.367 e. The first-order valence-electron chi connectivity index (χ1n) is 6.77. The lowest BCUT2D eigenvalue weighted by molar-refractivity contribution is 0.249. The fourth-order valence-corrected chi connectivity index (χ4v) is 2.46. The van der Waals surface area contributed by atoms with E-state index in [9.17, 15) is 0 Å². The van der Waals surface area contributed by atoms with Gasteiger partial charge >= 0.3 is 0 Å². The third-order valence-corrected chi connectivity index (χ3v) is 3.57. The van der Waals surface area contributed by atoms with Crippen LogP contribution in [0.25, 0.3) is 11.0 Å². The maximum atomic E-state index is 4.40. The molecule has 2 aromatic heterocycles. The van der Waals surface area contributed by atoms with Gasteiger partial charge in [-0.1, -0.05) is 0 Å². The van der Waals surface area contributed by atoms with E-state index in [0.29, 0.717) is 0 Å². The lowest BCUT2D eigenvalue weighted by Gasteiger charge is -2.27. The molecule has 0 aliphatic carbocycles. The Hall–Kier alpha value is -1.66. The van der Waals surface area contributed by atoms with Gasteiger partial charge < -0.3 is 15.2 Å². The molecule has 1 aliphatic heterocycles. The maximum Gasteiger partial charge on any atom is 0.154 e. The first-order valence-corrected chi connectivity index (χ1v) is 6.77. The fourth-order valence-electron chi connectivity index (χ4n) is 2.46. The number of aryl methyl sites for hydroxylation is 1. The van der Waals surface area contributed by atoms with Crippen molar-refractivity contribution in [3.8, 4) is 0 Å². The van der Waals surface area contributed by atoms with E-state index in [1.807, 2.05) is 30.2 Å². The Balaban J connectivity index is 1.62. The zero-order valence-electron chi connectivity index (χ0n) is 11.3. The third kappa shape index (κ3) is 2.69. The van der Waals surface area contributed by atoms with Gasteiger partial charge in [-0.25, -0.2) is 9.97 Å². The van der Waals surface area contributed by atoms with E-state index in [1.54, 1.807) is 0 Å². The van der Waals surface area contributed by atoms with Crippen LogP contribution in [0.2, 0.25) is 0 Å². The van der Waals surface area contributed by atoms with Crippen LogP contribution in [0.1, 0.15) is 0 Å². The Morgan fingerprint density at radius 2 is 2.16 bits per heavy atom. The van der Waals surface area contributed by atoms with Crippen molar-refractivity contribution in [2.45, 2.75) is 0 Å². The van der Waals surface area contributed by atoms with Gasteiger partial charge in [0.15, 0.2) is 5.82 Å². The first kappa shape index (κ1) is 12.4. The monoisotopic (exact) mass is 260 g/mol. The van der Waals surface area contributed by atoms with Gasteiger partial charge in [-0.05, 0) is 6.07 Å². The molecule has 0 spiro atoms. The predicted molar refractivity (Wildman–Crippen MR) is 76.3 cm³/mol. The molecule has 6 heteroatoms. The first-order chi connectivity index (χ1) is 9.34. The van der Waals surface area contributed by atoms with Crippen LogP contribution in [0.5, 0.6) is 0 Å². The highest BCUT2D eigenvalue weighted by molar-refractivity contribution is 5.85. The molecule has 6 nitrogen and oxygen atoms in total. The molecule has 2 aromatic rings. The molecule has 19 heavy (non-hydrogen) atoms. The van der Waals surface area contributed by atoms with Crippen LogP contribution in [0.15, 0.2) is 18.6 Å². The summed E-state index contributed by atoms with van der Waals surface area (Å²) in [6.45, 7) is 6.39. The number of imidazole rings is 1. The second kappa shape index (κ2) is 5.54. The predicted octanol–water partition coefficient (Wildman–Crippen LogP) is 0.285. The number of pyridine rings is 1. The van der Waals surface area contributed by atoms with Crippen LogP contribution in [0, 0.1) is 0 Å². The average molecular weight is 260 g/mol. The average Bonchev–Trinajstić information content (AvgIpc) is 2.83. The number of aromatic nitrogens is 3. The molecule has 3 heterocycles. The van der Waals surface area contributed by atoms with E-state index in [-0.39, 0.29) is 0 Å². The molecule has 0 amide bonds. The number of hydrogen-bond donors (Lipinski definition) is 2. The van der Waals surface area contributed by atoms with Crippen molar-refractivity contribution in [3.63, 3.8) is 0 Å². The molecule has 0 aromatic carbocycles. The molecule has 0 bridgehead atoms. The van der Waals surface area contributed by atoms with Crippen molar-refractivity contribution < 1.29 is 0 Å². The highest BCUT2D eigenvalue weighted by Crippen LogP contribution is 2.18. The Labute approximate surface area is 112 Å². The number of piperazine rings is 1. The summed E-state index contributed by atoms with van der Waals surface area (Å²) in [4.78, 5) is 11.2. The van der Waals surface area contributed by atoms with Gasteiger partial charge in [-0.15, -0.1) is 0 Å². The van der Waals surface area contributed by atoms with Gasteiger partial charge in [0.2, 0.25) is 0 Å². The molecular formula is C13H20N6. The summed E-state index contributed by atoms with van der Waals surface area (Å²) in [5, 5.41) is 6.76. The van der Waals surface area contributed by atoms with Gasteiger partial charge in [0.05, 0.1) is 11.8 Å². The zero-order valence-corrected chi connectivity index (χ0v) is 11.3. The van der Waals surface area contributed by atoms with Gasteiger partial charge in [-0.3, -0.25) is 4.90 Å². The molecule has 1 aliphatic rings. The number of fused-ring (bicyclic) bond motifs is 1.